The van der Waals surface area contributed by atoms with E-state index < -0.39 is 0 Å². The van der Waals surface area contributed by atoms with Crippen LogP contribution < -0.4 is 5.56 Å². The van der Waals surface area contributed by atoms with Crippen molar-refractivity contribution in [3.05, 3.63) is 26.6 Å². The first-order valence-electron chi connectivity index (χ1n) is 6.04. The van der Waals surface area contributed by atoms with E-state index in [2.05, 4.69) is 4.98 Å². The van der Waals surface area contributed by atoms with Gasteiger partial charge in [0.05, 0.1) is 5.52 Å². The van der Waals surface area contributed by atoms with Crippen molar-refractivity contribution in [2.75, 3.05) is 13.2 Å². The van der Waals surface area contributed by atoms with Crippen molar-refractivity contribution in [2.24, 2.45) is 5.92 Å². The van der Waals surface area contributed by atoms with Gasteiger partial charge >= 0.3 is 0 Å². The molecule has 18 heavy (non-hydrogen) atoms. The van der Waals surface area contributed by atoms with Crippen molar-refractivity contribution < 1.29 is 4.74 Å². The molecule has 0 radical (unpaired) electrons. The molecule has 0 aliphatic carbocycles. The lowest BCUT2D eigenvalue weighted by Gasteiger charge is -2.22. The largest absolute Gasteiger partial charge is 0.381 e. The number of aromatic nitrogens is 2. The average molecular weight is 282 g/mol. The quantitative estimate of drug-likeness (QED) is 0.861. The van der Waals surface area contributed by atoms with Crippen molar-refractivity contribution in [3.8, 4) is 0 Å². The molecule has 2 aromatic rings. The first-order valence-corrected chi connectivity index (χ1v) is 7.32. The molecule has 1 aliphatic heterocycles. The van der Waals surface area contributed by atoms with Gasteiger partial charge in [0.25, 0.3) is 5.56 Å². The third-order valence-electron chi connectivity index (χ3n) is 3.37. The third kappa shape index (κ3) is 2.15. The maximum atomic E-state index is 12.3. The average Bonchev–Trinajstić information content (AvgIpc) is 2.84. The summed E-state index contributed by atoms with van der Waals surface area (Å²) in [6, 6.07) is 1.90. The van der Waals surface area contributed by atoms with E-state index in [0.717, 1.165) is 36.3 Å². The Labute approximate surface area is 113 Å². The number of nitrogens with zero attached hydrogens (tertiary/aromatic N) is 1. The van der Waals surface area contributed by atoms with Crippen LogP contribution in [0.15, 0.2) is 16.2 Å². The van der Waals surface area contributed by atoms with E-state index in [1.54, 1.807) is 4.57 Å². The third-order valence-corrected chi connectivity index (χ3v) is 4.60. The molecule has 0 amide bonds. The Morgan fingerprint density at radius 1 is 1.50 bits per heavy atom. The van der Waals surface area contributed by atoms with Crippen molar-refractivity contribution in [1.29, 1.82) is 0 Å². The fraction of sp³-hybridized carbons (Fsp3) is 0.500. The molecule has 0 saturated carbocycles. The molecule has 1 saturated heterocycles. The first kappa shape index (κ1) is 12.1. The SMILES string of the molecule is O=c1c2sccc2[nH]c(=S)n1CC1CCOCC1. The van der Waals surface area contributed by atoms with Crippen LogP contribution in [0.1, 0.15) is 12.8 Å². The molecule has 0 bridgehead atoms. The minimum absolute atomic E-state index is 0.0373. The summed E-state index contributed by atoms with van der Waals surface area (Å²) in [7, 11) is 0. The fourth-order valence-electron chi connectivity index (χ4n) is 2.32. The van der Waals surface area contributed by atoms with E-state index in [9.17, 15) is 4.79 Å². The molecule has 1 aliphatic rings. The monoisotopic (exact) mass is 282 g/mol. The van der Waals surface area contributed by atoms with Gasteiger partial charge < -0.3 is 9.72 Å². The normalized spacial score (nSPS) is 17.3. The highest BCUT2D eigenvalue weighted by atomic mass is 32.1. The van der Waals surface area contributed by atoms with Crippen molar-refractivity contribution in [1.82, 2.24) is 9.55 Å². The van der Waals surface area contributed by atoms with E-state index in [1.165, 1.54) is 11.3 Å². The summed E-state index contributed by atoms with van der Waals surface area (Å²) < 4.78 is 8.32. The highest BCUT2D eigenvalue weighted by Gasteiger charge is 2.16. The zero-order chi connectivity index (χ0) is 12.5. The van der Waals surface area contributed by atoms with Crippen LogP contribution in [0, 0.1) is 10.7 Å². The number of hydrogen-bond donors (Lipinski definition) is 1. The summed E-state index contributed by atoms with van der Waals surface area (Å²) in [5.41, 5.74) is 0.883. The Morgan fingerprint density at radius 2 is 2.28 bits per heavy atom. The van der Waals surface area contributed by atoms with E-state index in [-0.39, 0.29) is 5.56 Å². The van der Waals surface area contributed by atoms with Crippen LogP contribution in [0.4, 0.5) is 0 Å². The standard InChI is InChI=1S/C12H14N2O2S2/c15-11-10-9(3-6-18-10)13-12(17)14(11)7-8-1-4-16-5-2-8/h3,6,8H,1-2,4-5,7H2,(H,13,17). The predicted molar refractivity (Wildman–Crippen MR) is 74.8 cm³/mol. The number of hydrogen-bond acceptors (Lipinski definition) is 4. The Bertz CT molecular complexity index is 665. The maximum Gasteiger partial charge on any atom is 0.272 e. The molecule has 1 N–H and O–H groups in total. The molecule has 3 heterocycles. The molecular formula is C12H14N2O2S2. The minimum atomic E-state index is 0.0373. The Morgan fingerprint density at radius 3 is 3.06 bits per heavy atom. The number of rotatable bonds is 2. The van der Waals surface area contributed by atoms with Gasteiger partial charge in [-0.15, -0.1) is 11.3 Å². The second-order valence-electron chi connectivity index (χ2n) is 4.57. The Hall–Kier alpha value is -0.980. The number of H-pyrrole nitrogens is 1. The van der Waals surface area contributed by atoms with E-state index in [4.69, 9.17) is 17.0 Å². The van der Waals surface area contributed by atoms with Crippen LogP contribution in [0.3, 0.4) is 0 Å². The zero-order valence-electron chi connectivity index (χ0n) is 9.85. The zero-order valence-corrected chi connectivity index (χ0v) is 11.5. The van der Waals surface area contributed by atoms with Crippen molar-refractivity contribution in [2.45, 2.75) is 19.4 Å². The molecular weight excluding hydrogens is 268 g/mol. The molecule has 1 fully saturated rings. The van der Waals surface area contributed by atoms with Gasteiger partial charge in [-0.2, -0.15) is 0 Å². The number of aromatic amines is 1. The van der Waals surface area contributed by atoms with E-state index in [0.29, 0.717) is 17.2 Å². The lowest BCUT2D eigenvalue weighted by Crippen LogP contribution is -2.28. The second kappa shape index (κ2) is 4.95. The van der Waals surface area contributed by atoms with Crippen LogP contribution >= 0.6 is 23.6 Å². The first-order chi connectivity index (χ1) is 8.75. The van der Waals surface area contributed by atoms with E-state index >= 15 is 0 Å². The van der Waals surface area contributed by atoms with Gasteiger partial charge in [0, 0.05) is 19.8 Å². The van der Waals surface area contributed by atoms with Crippen molar-refractivity contribution >= 4 is 33.8 Å². The minimum Gasteiger partial charge on any atom is -0.381 e. The highest BCUT2D eigenvalue weighted by molar-refractivity contribution is 7.71. The summed E-state index contributed by atoms with van der Waals surface area (Å²) >= 11 is 6.75. The molecule has 0 unspecified atom stereocenters. The van der Waals surface area contributed by atoms with Crippen LogP contribution in [0.5, 0.6) is 0 Å². The van der Waals surface area contributed by atoms with Gasteiger partial charge in [-0.05, 0) is 42.4 Å². The molecule has 96 valence electrons. The molecule has 3 rings (SSSR count). The van der Waals surface area contributed by atoms with Crippen LogP contribution in [-0.2, 0) is 11.3 Å². The van der Waals surface area contributed by atoms with Gasteiger partial charge in [-0.25, -0.2) is 0 Å². The molecule has 0 spiro atoms. The van der Waals surface area contributed by atoms with Crippen LogP contribution in [0.2, 0.25) is 0 Å². The lowest BCUT2D eigenvalue weighted by molar-refractivity contribution is 0.0608. The Kier molecular flexibility index (Phi) is 3.32. The Balaban J connectivity index is 2.00. The van der Waals surface area contributed by atoms with Gasteiger partial charge in [0.1, 0.15) is 4.70 Å². The highest BCUT2D eigenvalue weighted by Crippen LogP contribution is 2.18. The number of thiophene rings is 1. The molecule has 4 nitrogen and oxygen atoms in total. The maximum absolute atomic E-state index is 12.3. The molecule has 0 aromatic carbocycles. The molecule has 6 heteroatoms. The van der Waals surface area contributed by atoms with Gasteiger partial charge in [0.2, 0.25) is 0 Å². The summed E-state index contributed by atoms with van der Waals surface area (Å²) in [6.45, 7) is 2.28. The summed E-state index contributed by atoms with van der Waals surface area (Å²) in [5.74, 6) is 0.490. The van der Waals surface area contributed by atoms with Gasteiger partial charge in [0.15, 0.2) is 4.77 Å². The number of fused-ring (bicyclic) bond motifs is 1. The second-order valence-corrected chi connectivity index (χ2v) is 5.87. The van der Waals surface area contributed by atoms with Gasteiger partial charge in [-0.1, -0.05) is 0 Å². The lowest BCUT2D eigenvalue weighted by atomic mass is 10.0. The number of nitrogens with one attached hydrogen (secondary N) is 1. The van der Waals surface area contributed by atoms with E-state index in [1.807, 2.05) is 11.4 Å². The fourth-order valence-corrected chi connectivity index (χ4v) is 3.39. The summed E-state index contributed by atoms with van der Waals surface area (Å²) in [4.78, 5) is 15.5. The predicted octanol–water partition coefficient (Wildman–Crippen LogP) is 2.55. The van der Waals surface area contributed by atoms with Crippen LogP contribution in [0.25, 0.3) is 10.2 Å². The van der Waals surface area contributed by atoms with Crippen LogP contribution in [-0.4, -0.2) is 22.8 Å². The smallest absolute Gasteiger partial charge is 0.272 e. The molecule has 2 aromatic heterocycles. The van der Waals surface area contributed by atoms with Gasteiger partial charge in [-0.3, -0.25) is 9.36 Å². The molecule has 0 atom stereocenters. The summed E-state index contributed by atoms with van der Waals surface area (Å²) in [6.07, 6.45) is 2.01. The number of ether oxygens (including phenoxy) is 1. The topological polar surface area (TPSA) is 47.0 Å². The summed E-state index contributed by atoms with van der Waals surface area (Å²) in [5, 5.41) is 1.91. The van der Waals surface area contributed by atoms with Crippen molar-refractivity contribution in [3.63, 3.8) is 0 Å².